The van der Waals surface area contributed by atoms with Crippen LogP contribution in [0.5, 0.6) is 0 Å². The van der Waals surface area contributed by atoms with Gasteiger partial charge >= 0.3 is 0 Å². The Morgan fingerprint density at radius 1 is 1.20 bits per heavy atom. The zero-order valence-corrected chi connectivity index (χ0v) is 24.8. The Hall–Kier alpha value is -2.12. The number of hydrogen-bond donors (Lipinski definition) is 3. The molecule has 5 nitrogen and oxygen atoms in total. The van der Waals surface area contributed by atoms with Crippen molar-refractivity contribution in [3.05, 3.63) is 65.8 Å². The fourth-order valence-corrected chi connectivity index (χ4v) is 3.71. The van der Waals surface area contributed by atoms with E-state index in [1.54, 1.807) is 0 Å². The molecule has 0 aliphatic rings. The molecule has 1 unspecified atom stereocenters. The Morgan fingerprint density at radius 3 is 2.37 bits per heavy atom. The summed E-state index contributed by atoms with van der Waals surface area (Å²) in [7, 11) is 2.04. The molecule has 1 aromatic rings. The second kappa shape index (κ2) is 19.1. The highest BCUT2D eigenvalue weighted by atomic mass is 79.9. The molecule has 0 aromatic heterocycles. The fourth-order valence-electron chi connectivity index (χ4n) is 3.21. The van der Waals surface area contributed by atoms with Crippen LogP contribution in [0, 0.1) is 5.41 Å². The van der Waals surface area contributed by atoms with Gasteiger partial charge in [0.05, 0.1) is 21.4 Å². The van der Waals surface area contributed by atoms with Gasteiger partial charge in [-0.3, -0.25) is 5.41 Å². The molecule has 0 saturated heterocycles. The van der Waals surface area contributed by atoms with Crippen molar-refractivity contribution in [2.24, 2.45) is 14.7 Å². The normalized spacial score (nSPS) is 13.6. The van der Waals surface area contributed by atoms with Gasteiger partial charge < -0.3 is 10.6 Å². The number of amidine groups is 3. The highest BCUT2D eigenvalue weighted by Gasteiger charge is 2.13. The fraction of sp³-hybridized carbons (Fsp3) is 0.464. The van der Waals surface area contributed by atoms with Crippen molar-refractivity contribution in [1.82, 2.24) is 4.90 Å². The predicted molar refractivity (Wildman–Crippen MR) is 164 cm³/mol. The standard InChI is InChI=1S/C26H38BrN5S.C2H6/c1-6-9-17-32(5)24(30-26(29)23(33)12-7-2)18-20(8-3)16-15-19(4)21-13-10-11-14-22(21)25(28)31-27;1-2/h8,10-11,13-16,23,29,33H,3,6-7,9,12,17-18H2,1-2,4-5H3,(H2,28,31);1-2H3/b19-15+,20-16+,29-26?,30-24?;. The van der Waals surface area contributed by atoms with Crippen molar-refractivity contribution in [2.45, 2.75) is 72.0 Å². The number of unbranched alkanes of at least 4 members (excludes halogenated alkanes) is 1. The molecule has 3 N–H and O–H groups in total. The minimum Gasteiger partial charge on any atom is -0.383 e. The van der Waals surface area contributed by atoms with Crippen molar-refractivity contribution in [2.75, 3.05) is 13.6 Å². The smallest absolute Gasteiger partial charge is 0.139 e. The summed E-state index contributed by atoms with van der Waals surface area (Å²) in [4.78, 5) is 6.81. The number of hydrogen-bond acceptors (Lipinski definition) is 3. The molecular formula is C28H44BrN5S. The van der Waals surface area contributed by atoms with E-state index < -0.39 is 0 Å². The zero-order chi connectivity index (χ0) is 26.8. The van der Waals surface area contributed by atoms with E-state index >= 15 is 0 Å². The SMILES string of the molecule is C=C/C(=C\C=C(/C)c1ccccc1/C(N)=N/Br)CC(=NC(=N)C(S)CCC)N(C)CCCC.CC. The average Bonchev–Trinajstić information content (AvgIpc) is 2.89. The van der Waals surface area contributed by atoms with Gasteiger partial charge in [0.2, 0.25) is 0 Å². The molecule has 0 bridgehead atoms. The third-order valence-electron chi connectivity index (χ3n) is 5.31. The maximum absolute atomic E-state index is 8.39. The third-order valence-corrected chi connectivity index (χ3v) is 6.19. The monoisotopic (exact) mass is 561 g/mol. The van der Waals surface area contributed by atoms with Gasteiger partial charge in [0.1, 0.15) is 17.5 Å². The molecule has 0 heterocycles. The van der Waals surface area contributed by atoms with Crippen molar-refractivity contribution in [1.29, 1.82) is 5.41 Å². The molecule has 1 atom stereocenters. The lowest BCUT2D eigenvalue weighted by Crippen LogP contribution is -2.30. The summed E-state index contributed by atoms with van der Waals surface area (Å²) >= 11 is 7.64. The van der Waals surface area contributed by atoms with Gasteiger partial charge in [-0.05, 0) is 36.5 Å². The zero-order valence-electron chi connectivity index (χ0n) is 22.3. The summed E-state index contributed by atoms with van der Waals surface area (Å²) in [5.74, 6) is 1.61. The molecule has 0 aliphatic carbocycles. The van der Waals surface area contributed by atoms with Crippen molar-refractivity contribution in [3.63, 3.8) is 0 Å². The van der Waals surface area contributed by atoms with Crippen LogP contribution in [0.2, 0.25) is 0 Å². The number of benzene rings is 1. The maximum atomic E-state index is 8.39. The predicted octanol–water partition coefficient (Wildman–Crippen LogP) is 7.84. The van der Waals surface area contributed by atoms with E-state index in [0.717, 1.165) is 60.3 Å². The summed E-state index contributed by atoms with van der Waals surface area (Å²) < 4.78 is 3.95. The molecule has 1 rings (SSSR count). The number of nitrogens with zero attached hydrogens (tertiary/aromatic N) is 3. The summed E-state index contributed by atoms with van der Waals surface area (Å²) in [6, 6.07) is 7.91. The summed E-state index contributed by atoms with van der Waals surface area (Å²) in [5.41, 5.74) is 10.0. The van der Waals surface area contributed by atoms with Crippen LogP contribution in [-0.2, 0) is 0 Å². The molecule has 7 heteroatoms. The summed E-state index contributed by atoms with van der Waals surface area (Å²) in [5, 5.41) is 8.24. The van der Waals surface area contributed by atoms with Gasteiger partial charge in [-0.25, -0.2) is 4.99 Å². The van der Waals surface area contributed by atoms with Crippen LogP contribution >= 0.6 is 28.8 Å². The van der Waals surface area contributed by atoms with E-state index in [4.69, 9.17) is 11.1 Å². The second-order valence-electron chi connectivity index (χ2n) is 7.98. The van der Waals surface area contributed by atoms with E-state index in [9.17, 15) is 0 Å². The number of allylic oxidation sites excluding steroid dienone is 4. The first-order valence-electron chi connectivity index (χ1n) is 12.4. The molecule has 0 radical (unpaired) electrons. The van der Waals surface area contributed by atoms with E-state index in [2.05, 4.69) is 75.3 Å². The van der Waals surface area contributed by atoms with Gasteiger partial charge in [-0.1, -0.05) is 89.6 Å². The number of rotatable bonds is 12. The van der Waals surface area contributed by atoms with Crippen LogP contribution in [0.1, 0.15) is 77.8 Å². The maximum Gasteiger partial charge on any atom is 0.139 e. The molecule has 0 aliphatic heterocycles. The van der Waals surface area contributed by atoms with Crippen LogP contribution in [-0.4, -0.2) is 41.2 Å². The molecule has 194 valence electrons. The molecular weight excluding hydrogens is 518 g/mol. The highest BCUT2D eigenvalue weighted by Crippen LogP contribution is 2.20. The molecule has 0 amide bonds. The summed E-state index contributed by atoms with van der Waals surface area (Å²) in [6.07, 6.45) is 10.5. The second-order valence-corrected chi connectivity index (χ2v) is 8.96. The lowest BCUT2D eigenvalue weighted by molar-refractivity contribution is 0.478. The largest absolute Gasteiger partial charge is 0.383 e. The first kappa shape index (κ1) is 32.9. The van der Waals surface area contributed by atoms with Crippen LogP contribution in [0.15, 0.2) is 63.7 Å². The number of thiol groups is 1. The van der Waals surface area contributed by atoms with Gasteiger partial charge in [-0.2, -0.15) is 16.6 Å². The first-order valence-corrected chi connectivity index (χ1v) is 13.6. The van der Waals surface area contributed by atoms with Crippen molar-refractivity contribution < 1.29 is 0 Å². The number of nitrogens with one attached hydrogen (secondary N) is 1. The average molecular weight is 563 g/mol. The van der Waals surface area contributed by atoms with E-state index in [1.807, 2.05) is 58.2 Å². The minimum absolute atomic E-state index is 0.152. The van der Waals surface area contributed by atoms with E-state index in [-0.39, 0.29) is 5.25 Å². The number of nitrogens with two attached hydrogens (primary N) is 1. The molecule has 0 fully saturated rings. The molecule has 0 spiro atoms. The van der Waals surface area contributed by atoms with E-state index in [0.29, 0.717) is 18.1 Å². The van der Waals surface area contributed by atoms with Gasteiger partial charge in [0, 0.05) is 25.6 Å². The van der Waals surface area contributed by atoms with Gasteiger partial charge in [0.25, 0.3) is 0 Å². The first-order chi connectivity index (χ1) is 16.8. The van der Waals surface area contributed by atoms with Crippen LogP contribution < -0.4 is 5.73 Å². The Morgan fingerprint density at radius 2 is 1.83 bits per heavy atom. The molecule has 1 aromatic carbocycles. The Labute approximate surface area is 227 Å². The summed E-state index contributed by atoms with van der Waals surface area (Å²) in [6.45, 7) is 15.2. The van der Waals surface area contributed by atoms with Gasteiger partial charge in [-0.15, -0.1) is 0 Å². The Kier molecular flexibility index (Phi) is 18.0. The number of halogens is 1. The van der Waals surface area contributed by atoms with Gasteiger partial charge in [0.15, 0.2) is 0 Å². The topological polar surface area (TPSA) is 77.8 Å². The minimum atomic E-state index is -0.152. The number of aliphatic imine (C=N–C) groups is 1. The molecule has 35 heavy (non-hydrogen) atoms. The van der Waals surface area contributed by atoms with Crippen molar-refractivity contribution >= 4 is 51.9 Å². The van der Waals surface area contributed by atoms with Crippen LogP contribution in [0.25, 0.3) is 5.57 Å². The quantitative estimate of drug-likeness (QED) is 0.105. The molecule has 0 saturated carbocycles. The Bertz CT molecular complexity index is 918. The highest BCUT2D eigenvalue weighted by molar-refractivity contribution is 9.08. The van der Waals surface area contributed by atoms with Crippen LogP contribution in [0.4, 0.5) is 0 Å². The third kappa shape index (κ3) is 11.9. The van der Waals surface area contributed by atoms with Crippen molar-refractivity contribution in [3.8, 4) is 0 Å². The lowest BCUT2D eigenvalue weighted by Gasteiger charge is -2.22. The van der Waals surface area contributed by atoms with E-state index in [1.165, 1.54) is 0 Å². The Balaban J connectivity index is 0.00000562. The van der Waals surface area contributed by atoms with Crippen LogP contribution in [0.3, 0.4) is 0 Å². The lowest BCUT2D eigenvalue weighted by atomic mass is 9.99.